The molecule has 1 aromatic carbocycles. The minimum absolute atomic E-state index is 0. The fraction of sp³-hybridized carbons (Fsp3) is 0.375. The monoisotopic (exact) mass is 375 g/mol. The highest BCUT2D eigenvalue weighted by Gasteiger charge is 2.27. The molecule has 0 unspecified atom stereocenters. The van der Waals surface area contributed by atoms with E-state index in [0.717, 1.165) is 16.3 Å². The zero-order chi connectivity index (χ0) is 15.6. The third kappa shape index (κ3) is 5.18. The van der Waals surface area contributed by atoms with E-state index in [-0.39, 0.29) is 30.7 Å². The lowest BCUT2D eigenvalue weighted by Gasteiger charge is -2.24. The molecule has 1 amide bonds. The molecule has 0 aliphatic carbocycles. The minimum Gasteiger partial charge on any atom is -0.341 e. The average Bonchev–Trinajstić information content (AvgIpc) is 2.79. The average molecular weight is 376 g/mol. The summed E-state index contributed by atoms with van der Waals surface area (Å²) in [7, 11) is 0. The molecule has 0 saturated heterocycles. The van der Waals surface area contributed by atoms with Gasteiger partial charge in [0.1, 0.15) is 5.01 Å². The van der Waals surface area contributed by atoms with Gasteiger partial charge in [-0.2, -0.15) is 0 Å². The van der Waals surface area contributed by atoms with Crippen LogP contribution in [0.25, 0.3) is 0 Å². The Morgan fingerprint density at radius 3 is 2.22 bits per heavy atom. The second-order valence-corrected chi connectivity index (χ2v) is 6.84. The summed E-state index contributed by atoms with van der Waals surface area (Å²) >= 11 is 1.62. The van der Waals surface area contributed by atoms with Crippen LogP contribution in [-0.2, 0) is 12.1 Å². The molecular weight excluding hydrogens is 353 g/mol. The number of hydrogen-bond acceptors (Lipinski definition) is 4. The number of nitrogens with two attached hydrogens (primary N) is 1. The molecule has 0 aliphatic heterocycles. The van der Waals surface area contributed by atoms with Gasteiger partial charge >= 0.3 is 0 Å². The van der Waals surface area contributed by atoms with Gasteiger partial charge in [-0.3, -0.25) is 4.79 Å². The molecule has 128 valence electrons. The number of amides is 1. The van der Waals surface area contributed by atoms with Gasteiger partial charge in [-0.15, -0.1) is 36.2 Å². The van der Waals surface area contributed by atoms with Crippen molar-refractivity contribution in [2.45, 2.75) is 39.8 Å². The molecule has 7 heteroatoms. The molecule has 0 atom stereocenters. The number of thiazole rings is 1. The number of aromatic nitrogens is 1. The summed E-state index contributed by atoms with van der Waals surface area (Å²) in [5.74, 6) is -0.103. The lowest BCUT2D eigenvalue weighted by atomic mass is 10.0. The number of benzene rings is 1. The Morgan fingerprint density at radius 2 is 1.78 bits per heavy atom. The van der Waals surface area contributed by atoms with Gasteiger partial charge in [0.2, 0.25) is 0 Å². The number of carbonyl (C=O) groups is 1. The molecule has 1 aromatic heterocycles. The highest BCUT2D eigenvalue weighted by Crippen LogP contribution is 2.27. The molecule has 2 aromatic rings. The molecule has 2 rings (SSSR count). The van der Waals surface area contributed by atoms with Crippen molar-refractivity contribution in [1.82, 2.24) is 10.3 Å². The van der Waals surface area contributed by atoms with Crippen molar-refractivity contribution in [1.29, 1.82) is 0 Å². The van der Waals surface area contributed by atoms with Gasteiger partial charge in [0, 0.05) is 17.0 Å². The van der Waals surface area contributed by atoms with Crippen molar-refractivity contribution in [3.8, 4) is 0 Å². The lowest BCUT2D eigenvalue weighted by molar-refractivity contribution is 0.0912. The minimum atomic E-state index is -0.493. The Kier molecular flexibility index (Phi) is 8.21. The van der Waals surface area contributed by atoms with Gasteiger partial charge in [0.25, 0.3) is 5.91 Å². The maximum Gasteiger partial charge on any atom is 0.252 e. The van der Waals surface area contributed by atoms with E-state index in [0.29, 0.717) is 12.1 Å². The Hall–Kier alpha value is -1.14. The SMILES string of the molecule is Cc1nc(C(C)(C)NC(=O)c2ccc(CN)cc2)sc1C.Cl.Cl. The molecule has 0 spiro atoms. The number of carbonyl (C=O) groups excluding carboxylic acids is 1. The van der Waals surface area contributed by atoms with Crippen LogP contribution in [0.5, 0.6) is 0 Å². The van der Waals surface area contributed by atoms with E-state index >= 15 is 0 Å². The molecule has 23 heavy (non-hydrogen) atoms. The first-order valence-electron chi connectivity index (χ1n) is 6.89. The van der Waals surface area contributed by atoms with Crippen LogP contribution in [0.3, 0.4) is 0 Å². The first-order chi connectivity index (χ1) is 9.83. The van der Waals surface area contributed by atoms with Gasteiger partial charge in [-0.25, -0.2) is 4.98 Å². The number of nitrogens with one attached hydrogen (secondary N) is 1. The molecule has 0 bridgehead atoms. The van der Waals surface area contributed by atoms with Crippen molar-refractivity contribution in [3.05, 3.63) is 51.0 Å². The maximum atomic E-state index is 12.4. The summed E-state index contributed by atoms with van der Waals surface area (Å²) in [5, 5.41) is 3.97. The Balaban J connectivity index is 0.00000242. The summed E-state index contributed by atoms with van der Waals surface area (Å²) in [6.45, 7) is 8.44. The van der Waals surface area contributed by atoms with Crippen LogP contribution < -0.4 is 11.1 Å². The molecule has 0 radical (unpaired) electrons. The van der Waals surface area contributed by atoms with Crippen LogP contribution in [0.15, 0.2) is 24.3 Å². The van der Waals surface area contributed by atoms with E-state index in [9.17, 15) is 4.79 Å². The first kappa shape index (κ1) is 21.9. The number of aryl methyl sites for hydroxylation is 2. The first-order valence-corrected chi connectivity index (χ1v) is 7.71. The quantitative estimate of drug-likeness (QED) is 0.855. The van der Waals surface area contributed by atoms with Crippen LogP contribution >= 0.6 is 36.2 Å². The number of halogens is 2. The molecular formula is C16H23Cl2N3OS. The zero-order valence-electron chi connectivity index (χ0n) is 13.7. The van der Waals surface area contributed by atoms with Crippen LogP contribution in [0.2, 0.25) is 0 Å². The largest absolute Gasteiger partial charge is 0.341 e. The smallest absolute Gasteiger partial charge is 0.252 e. The number of nitrogens with zero attached hydrogens (tertiary/aromatic N) is 1. The summed E-state index contributed by atoms with van der Waals surface area (Å²) in [6, 6.07) is 7.34. The molecule has 0 saturated carbocycles. The van der Waals surface area contributed by atoms with Gasteiger partial charge in [-0.1, -0.05) is 12.1 Å². The normalized spacial score (nSPS) is 10.5. The van der Waals surface area contributed by atoms with Crippen molar-refractivity contribution in [2.75, 3.05) is 0 Å². The fourth-order valence-corrected chi connectivity index (χ4v) is 2.91. The van der Waals surface area contributed by atoms with E-state index in [1.807, 2.05) is 39.8 Å². The highest BCUT2D eigenvalue weighted by atomic mass is 35.5. The maximum absolute atomic E-state index is 12.4. The molecule has 1 heterocycles. The number of hydrogen-bond donors (Lipinski definition) is 2. The second kappa shape index (κ2) is 8.64. The third-order valence-electron chi connectivity index (χ3n) is 3.44. The van der Waals surface area contributed by atoms with Gasteiger partial charge in [0.15, 0.2) is 0 Å². The van der Waals surface area contributed by atoms with E-state index in [4.69, 9.17) is 5.73 Å². The Morgan fingerprint density at radius 1 is 1.22 bits per heavy atom. The van der Waals surface area contributed by atoms with Crippen molar-refractivity contribution in [2.24, 2.45) is 5.73 Å². The molecule has 4 nitrogen and oxygen atoms in total. The Labute approximate surface area is 153 Å². The summed E-state index contributed by atoms with van der Waals surface area (Å²) in [5.41, 5.74) is 7.73. The number of rotatable bonds is 4. The Bertz CT molecular complexity index is 634. The predicted octanol–water partition coefficient (Wildman–Crippen LogP) is 3.73. The molecule has 0 fully saturated rings. The summed E-state index contributed by atoms with van der Waals surface area (Å²) in [4.78, 5) is 18.1. The standard InChI is InChI=1S/C16H21N3OS.2ClH/c1-10-11(2)21-15(18-10)16(3,4)19-14(20)13-7-5-12(9-17)6-8-13;;/h5-8H,9,17H2,1-4H3,(H,19,20);2*1H. The van der Waals surface area contributed by atoms with E-state index in [1.165, 1.54) is 4.88 Å². The lowest BCUT2D eigenvalue weighted by Crippen LogP contribution is -2.41. The van der Waals surface area contributed by atoms with Crippen molar-refractivity contribution in [3.63, 3.8) is 0 Å². The third-order valence-corrected chi connectivity index (χ3v) is 4.84. The van der Waals surface area contributed by atoms with E-state index in [1.54, 1.807) is 23.5 Å². The van der Waals surface area contributed by atoms with Crippen LogP contribution in [0, 0.1) is 13.8 Å². The highest BCUT2D eigenvalue weighted by molar-refractivity contribution is 7.11. The van der Waals surface area contributed by atoms with Gasteiger partial charge in [-0.05, 0) is 45.4 Å². The van der Waals surface area contributed by atoms with Crippen LogP contribution in [0.4, 0.5) is 0 Å². The van der Waals surface area contributed by atoms with Crippen molar-refractivity contribution >= 4 is 42.1 Å². The fourth-order valence-electron chi connectivity index (χ4n) is 1.94. The molecule has 0 aliphatic rings. The van der Waals surface area contributed by atoms with Crippen LogP contribution in [0.1, 0.15) is 45.3 Å². The topological polar surface area (TPSA) is 68.0 Å². The van der Waals surface area contributed by atoms with Crippen LogP contribution in [-0.4, -0.2) is 10.9 Å². The van der Waals surface area contributed by atoms with E-state index < -0.39 is 5.54 Å². The van der Waals surface area contributed by atoms with Gasteiger partial charge < -0.3 is 11.1 Å². The van der Waals surface area contributed by atoms with Gasteiger partial charge in [0.05, 0.1) is 11.2 Å². The van der Waals surface area contributed by atoms with Crippen molar-refractivity contribution < 1.29 is 4.79 Å². The molecule has 3 N–H and O–H groups in total. The van der Waals surface area contributed by atoms with E-state index in [2.05, 4.69) is 10.3 Å². The summed E-state index contributed by atoms with van der Waals surface area (Å²) in [6.07, 6.45) is 0. The zero-order valence-corrected chi connectivity index (χ0v) is 16.1. The second-order valence-electron chi connectivity index (χ2n) is 5.64. The predicted molar refractivity (Wildman–Crippen MR) is 101 cm³/mol. The summed E-state index contributed by atoms with van der Waals surface area (Å²) < 4.78 is 0.